The molecule has 0 aromatic heterocycles. The second-order valence-electron chi connectivity index (χ2n) is 3.27. The number of nitrogens with two attached hydrogens (primary N) is 1. The highest BCUT2D eigenvalue weighted by Crippen LogP contribution is 2.16. The maximum Gasteiger partial charge on any atom is 0.320 e. The van der Waals surface area contributed by atoms with E-state index < -0.39 is 12.0 Å². The highest BCUT2D eigenvalue weighted by Gasteiger charge is 2.10. The number of aliphatic carboxylic acids is 1. The van der Waals surface area contributed by atoms with E-state index in [0.29, 0.717) is 11.3 Å². The summed E-state index contributed by atoms with van der Waals surface area (Å²) in [6.45, 7) is 5.09. The van der Waals surface area contributed by atoms with Gasteiger partial charge in [0, 0.05) is 4.91 Å². The Morgan fingerprint density at radius 1 is 1.47 bits per heavy atom. The van der Waals surface area contributed by atoms with E-state index in [0.717, 1.165) is 18.6 Å². The Labute approximate surface area is 93.9 Å². The van der Waals surface area contributed by atoms with Gasteiger partial charge in [0.2, 0.25) is 0 Å². The van der Waals surface area contributed by atoms with Crippen LogP contribution < -0.4 is 5.73 Å². The smallest absolute Gasteiger partial charge is 0.320 e. The summed E-state index contributed by atoms with van der Waals surface area (Å²) in [5.74, 6) is -0.192. The van der Waals surface area contributed by atoms with Gasteiger partial charge in [-0.25, -0.2) is 0 Å². The fourth-order valence-corrected chi connectivity index (χ4v) is 1.68. The standard InChI is InChI=1S/C10H17NO3S/c1-7(12)8(2)15-6-4-3-5-9(11)10(13)14/h9H,2-6,11H2,1H3,(H,13,14). The van der Waals surface area contributed by atoms with E-state index in [1.807, 2.05) is 0 Å². The van der Waals surface area contributed by atoms with E-state index in [1.165, 1.54) is 18.7 Å². The van der Waals surface area contributed by atoms with E-state index in [9.17, 15) is 9.59 Å². The first-order valence-electron chi connectivity index (χ1n) is 4.76. The van der Waals surface area contributed by atoms with Gasteiger partial charge in [0.05, 0.1) is 0 Å². The molecule has 0 aliphatic rings. The number of carboxylic acid groups (broad SMARTS) is 1. The lowest BCUT2D eigenvalue weighted by Crippen LogP contribution is -2.29. The molecule has 86 valence electrons. The van der Waals surface area contributed by atoms with Crippen LogP contribution in [0.3, 0.4) is 0 Å². The third-order valence-corrected chi connectivity index (χ3v) is 3.02. The van der Waals surface area contributed by atoms with Crippen molar-refractivity contribution in [2.45, 2.75) is 32.2 Å². The SMILES string of the molecule is C=C(SCCCCC(N)C(=O)O)C(C)=O. The summed E-state index contributed by atoms with van der Waals surface area (Å²) < 4.78 is 0. The van der Waals surface area contributed by atoms with Crippen molar-refractivity contribution in [2.75, 3.05) is 5.75 Å². The monoisotopic (exact) mass is 231 g/mol. The van der Waals surface area contributed by atoms with Crippen LogP contribution in [0.15, 0.2) is 11.5 Å². The van der Waals surface area contributed by atoms with Crippen LogP contribution in [0, 0.1) is 0 Å². The minimum Gasteiger partial charge on any atom is -0.480 e. The van der Waals surface area contributed by atoms with Crippen LogP contribution in [0.1, 0.15) is 26.2 Å². The molecule has 15 heavy (non-hydrogen) atoms. The van der Waals surface area contributed by atoms with Gasteiger partial charge in [-0.1, -0.05) is 13.0 Å². The molecule has 5 heteroatoms. The third kappa shape index (κ3) is 7.16. The fraction of sp³-hybridized carbons (Fsp3) is 0.600. The molecule has 0 rings (SSSR count). The number of allylic oxidation sites excluding steroid dienone is 1. The number of rotatable bonds is 8. The van der Waals surface area contributed by atoms with E-state index in [-0.39, 0.29) is 5.78 Å². The lowest BCUT2D eigenvalue weighted by Gasteiger charge is -2.05. The first-order valence-corrected chi connectivity index (χ1v) is 5.74. The van der Waals surface area contributed by atoms with Crippen LogP contribution in [0.4, 0.5) is 0 Å². The largest absolute Gasteiger partial charge is 0.480 e. The molecule has 0 fully saturated rings. The summed E-state index contributed by atoms with van der Waals surface area (Å²) >= 11 is 1.41. The first-order chi connectivity index (χ1) is 6.95. The third-order valence-electron chi connectivity index (χ3n) is 1.90. The van der Waals surface area contributed by atoms with Crippen molar-refractivity contribution in [3.63, 3.8) is 0 Å². The van der Waals surface area contributed by atoms with Gasteiger partial charge < -0.3 is 10.8 Å². The molecule has 0 heterocycles. The van der Waals surface area contributed by atoms with Crippen molar-refractivity contribution in [3.8, 4) is 0 Å². The minimum atomic E-state index is -0.962. The predicted octanol–water partition coefficient (Wildman–Crippen LogP) is 1.40. The molecule has 0 saturated heterocycles. The maximum atomic E-state index is 10.8. The summed E-state index contributed by atoms with van der Waals surface area (Å²) in [4.78, 5) is 21.7. The van der Waals surface area contributed by atoms with E-state index in [2.05, 4.69) is 6.58 Å². The normalized spacial score (nSPS) is 12.1. The summed E-state index contributed by atoms with van der Waals surface area (Å²) in [5, 5.41) is 8.51. The van der Waals surface area contributed by atoms with E-state index >= 15 is 0 Å². The quantitative estimate of drug-likeness (QED) is 0.487. The van der Waals surface area contributed by atoms with Crippen LogP contribution >= 0.6 is 11.8 Å². The number of thioether (sulfide) groups is 1. The van der Waals surface area contributed by atoms with E-state index in [4.69, 9.17) is 10.8 Å². The average molecular weight is 231 g/mol. The molecule has 0 aromatic rings. The van der Waals surface area contributed by atoms with Crippen LogP contribution in [-0.2, 0) is 9.59 Å². The number of unbranched alkanes of at least 4 members (excludes halogenated alkanes) is 1. The number of hydrogen-bond acceptors (Lipinski definition) is 4. The molecule has 0 aliphatic heterocycles. The zero-order valence-corrected chi connectivity index (χ0v) is 9.68. The summed E-state index contributed by atoms with van der Waals surface area (Å²) in [6, 6.07) is -0.772. The highest BCUT2D eigenvalue weighted by molar-refractivity contribution is 8.03. The number of carboxylic acids is 1. The fourth-order valence-electron chi connectivity index (χ4n) is 0.887. The summed E-state index contributed by atoms with van der Waals surface area (Å²) in [7, 11) is 0. The van der Waals surface area contributed by atoms with Crippen molar-refractivity contribution >= 4 is 23.5 Å². The van der Waals surface area contributed by atoms with Crippen molar-refractivity contribution in [2.24, 2.45) is 5.73 Å². The Kier molecular flexibility index (Phi) is 7.07. The summed E-state index contributed by atoms with van der Waals surface area (Å²) in [5.41, 5.74) is 5.33. The van der Waals surface area contributed by atoms with Crippen molar-refractivity contribution < 1.29 is 14.7 Å². The van der Waals surface area contributed by atoms with Crippen LogP contribution in [-0.4, -0.2) is 28.7 Å². The molecule has 0 radical (unpaired) electrons. The first kappa shape index (κ1) is 14.2. The van der Waals surface area contributed by atoms with E-state index in [1.54, 1.807) is 0 Å². The van der Waals surface area contributed by atoms with Crippen molar-refractivity contribution in [1.82, 2.24) is 0 Å². The Hall–Kier alpha value is -0.810. The van der Waals surface area contributed by atoms with Gasteiger partial charge >= 0.3 is 5.97 Å². The van der Waals surface area contributed by atoms with Crippen molar-refractivity contribution in [3.05, 3.63) is 11.5 Å². The van der Waals surface area contributed by atoms with Crippen molar-refractivity contribution in [1.29, 1.82) is 0 Å². The highest BCUT2D eigenvalue weighted by atomic mass is 32.2. The molecular weight excluding hydrogens is 214 g/mol. The molecule has 4 nitrogen and oxygen atoms in total. The Bertz CT molecular complexity index is 253. The van der Waals surface area contributed by atoms with Crippen LogP contribution in [0.25, 0.3) is 0 Å². The van der Waals surface area contributed by atoms with Gasteiger partial charge in [0.25, 0.3) is 0 Å². The number of carbonyl (C=O) groups excluding carboxylic acids is 1. The molecule has 0 aliphatic carbocycles. The Balaban J connectivity index is 3.44. The Morgan fingerprint density at radius 3 is 2.53 bits per heavy atom. The zero-order valence-electron chi connectivity index (χ0n) is 8.86. The molecule has 0 aromatic carbocycles. The minimum absolute atomic E-state index is 0.0118. The van der Waals surface area contributed by atoms with Gasteiger partial charge in [-0.3, -0.25) is 9.59 Å². The van der Waals surface area contributed by atoms with Crippen LogP contribution in [0.2, 0.25) is 0 Å². The molecule has 1 atom stereocenters. The molecule has 0 amide bonds. The van der Waals surface area contributed by atoms with Gasteiger partial charge in [-0.05, 0) is 25.5 Å². The second-order valence-corrected chi connectivity index (χ2v) is 4.46. The maximum absolute atomic E-state index is 10.8. The van der Waals surface area contributed by atoms with Gasteiger partial charge in [0.1, 0.15) is 6.04 Å². The predicted molar refractivity (Wildman–Crippen MR) is 61.7 cm³/mol. The zero-order chi connectivity index (χ0) is 11.8. The molecule has 0 bridgehead atoms. The molecule has 0 saturated carbocycles. The van der Waals surface area contributed by atoms with Crippen LogP contribution in [0.5, 0.6) is 0 Å². The van der Waals surface area contributed by atoms with Gasteiger partial charge in [-0.15, -0.1) is 11.8 Å². The molecule has 1 unspecified atom stereocenters. The lowest BCUT2D eigenvalue weighted by molar-refractivity contribution is -0.138. The lowest BCUT2D eigenvalue weighted by atomic mass is 10.1. The Morgan fingerprint density at radius 2 is 2.07 bits per heavy atom. The number of Topliss-reactive ketones (excluding diaryl/α,β-unsaturated/α-hetero) is 1. The number of carbonyl (C=O) groups is 2. The number of hydrogen-bond donors (Lipinski definition) is 2. The molecule has 3 N–H and O–H groups in total. The number of ketones is 1. The second kappa shape index (κ2) is 7.48. The summed E-state index contributed by atoms with van der Waals surface area (Å²) in [6.07, 6.45) is 2.08. The topological polar surface area (TPSA) is 80.4 Å². The average Bonchev–Trinajstić information content (AvgIpc) is 2.16. The molecule has 0 spiro atoms. The van der Waals surface area contributed by atoms with Gasteiger partial charge in [-0.2, -0.15) is 0 Å². The van der Waals surface area contributed by atoms with Gasteiger partial charge in [0.15, 0.2) is 5.78 Å². The molecular formula is C10H17NO3S.